The van der Waals surface area contributed by atoms with E-state index in [1.165, 1.54) is 39.9 Å². The summed E-state index contributed by atoms with van der Waals surface area (Å²) in [5.74, 6) is -0.0658. The molecule has 158 valence electrons. The van der Waals surface area contributed by atoms with Gasteiger partial charge in [0.2, 0.25) is 10.0 Å². The summed E-state index contributed by atoms with van der Waals surface area (Å²) in [5, 5.41) is 0.627. The largest absolute Gasteiger partial charge is 0.319 e. The molecule has 0 aliphatic carbocycles. The Bertz CT molecular complexity index is 1280. The van der Waals surface area contributed by atoms with Gasteiger partial charge in [-0.2, -0.15) is 9.30 Å². The zero-order valence-electron chi connectivity index (χ0n) is 16.7. The first kappa shape index (κ1) is 21.2. The van der Waals surface area contributed by atoms with Gasteiger partial charge in [-0.25, -0.2) is 8.42 Å². The van der Waals surface area contributed by atoms with Crippen LogP contribution in [0.1, 0.15) is 30.1 Å². The average molecular weight is 464 g/mol. The number of rotatable bonds is 3. The quantitative estimate of drug-likeness (QED) is 0.588. The zero-order valence-corrected chi connectivity index (χ0v) is 19.1. The van der Waals surface area contributed by atoms with Gasteiger partial charge in [0.25, 0.3) is 5.91 Å². The SMILES string of the molecule is C[C@H]1CCCN(S(=O)(=O)c2ccc(C(=O)N=c3sc4cc(Cl)ccc4n3C)cc2)C1. The van der Waals surface area contributed by atoms with Crippen molar-refractivity contribution < 1.29 is 13.2 Å². The van der Waals surface area contributed by atoms with Gasteiger partial charge in [0.05, 0.1) is 15.1 Å². The first-order valence-electron chi connectivity index (χ1n) is 9.70. The van der Waals surface area contributed by atoms with Gasteiger partial charge in [0.1, 0.15) is 0 Å². The molecule has 1 aromatic heterocycles. The number of fused-ring (bicyclic) bond motifs is 1. The second-order valence-electron chi connectivity index (χ2n) is 7.61. The first-order chi connectivity index (χ1) is 14.3. The molecule has 1 aliphatic heterocycles. The van der Waals surface area contributed by atoms with Crippen molar-refractivity contribution >= 4 is 49.1 Å². The fourth-order valence-corrected chi connectivity index (χ4v) is 6.54. The molecule has 6 nitrogen and oxygen atoms in total. The lowest BCUT2D eigenvalue weighted by Gasteiger charge is -2.30. The van der Waals surface area contributed by atoms with Crippen molar-refractivity contribution in [3.63, 3.8) is 0 Å². The predicted molar refractivity (Wildman–Crippen MR) is 119 cm³/mol. The number of sulfonamides is 1. The Morgan fingerprint density at radius 3 is 2.63 bits per heavy atom. The summed E-state index contributed by atoms with van der Waals surface area (Å²) >= 11 is 7.42. The van der Waals surface area contributed by atoms with Crippen LogP contribution in [0, 0.1) is 5.92 Å². The molecule has 1 saturated heterocycles. The number of benzene rings is 2. The Hall–Kier alpha value is -2.00. The van der Waals surface area contributed by atoms with E-state index < -0.39 is 15.9 Å². The van der Waals surface area contributed by atoms with Crippen LogP contribution in [0.3, 0.4) is 0 Å². The van der Waals surface area contributed by atoms with E-state index in [2.05, 4.69) is 11.9 Å². The van der Waals surface area contributed by atoms with Crippen molar-refractivity contribution in [3.05, 3.63) is 57.9 Å². The molecular weight excluding hydrogens is 442 g/mol. The van der Waals surface area contributed by atoms with Gasteiger partial charge in [0, 0.05) is 30.7 Å². The number of hydrogen-bond acceptors (Lipinski definition) is 4. The van der Waals surface area contributed by atoms with Crippen molar-refractivity contribution in [1.82, 2.24) is 8.87 Å². The standard InChI is InChI=1S/C21H22ClN3O3S2/c1-14-4-3-11-25(13-14)30(27,28)17-8-5-15(6-9-17)20(26)23-21-24(2)18-10-7-16(22)12-19(18)29-21/h5-10,12,14H,3-4,11,13H2,1-2H3/t14-/m0/s1. The van der Waals surface area contributed by atoms with Crippen LogP contribution in [0.2, 0.25) is 5.02 Å². The Balaban J connectivity index is 1.61. The summed E-state index contributed by atoms with van der Waals surface area (Å²) in [6.45, 7) is 3.13. The molecule has 2 heterocycles. The smallest absolute Gasteiger partial charge is 0.279 e. The number of aromatic nitrogens is 1. The van der Waals surface area contributed by atoms with E-state index >= 15 is 0 Å². The Labute approximate surface area is 184 Å². The minimum atomic E-state index is -3.55. The van der Waals surface area contributed by atoms with Crippen molar-refractivity contribution in [1.29, 1.82) is 0 Å². The summed E-state index contributed by atoms with van der Waals surface area (Å²) in [6.07, 6.45) is 1.91. The van der Waals surface area contributed by atoms with Crippen LogP contribution in [0.5, 0.6) is 0 Å². The molecule has 1 amide bonds. The third-order valence-corrected chi connectivity index (χ3v) is 8.54. The van der Waals surface area contributed by atoms with E-state index in [4.69, 9.17) is 11.6 Å². The lowest BCUT2D eigenvalue weighted by molar-refractivity contribution is 0.0998. The van der Waals surface area contributed by atoms with Gasteiger partial charge >= 0.3 is 0 Å². The average Bonchev–Trinajstić information content (AvgIpc) is 3.02. The molecule has 0 bridgehead atoms. The van der Waals surface area contributed by atoms with Crippen molar-refractivity contribution in [3.8, 4) is 0 Å². The van der Waals surface area contributed by atoms with Crippen LogP contribution in [0.15, 0.2) is 52.4 Å². The summed E-state index contributed by atoms with van der Waals surface area (Å²) in [5.41, 5.74) is 1.28. The number of hydrogen-bond donors (Lipinski definition) is 0. The molecule has 1 fully saturated rings. The lowest BCUT2D eigenvalue weighted by atomic mass is 10.0. The van der Waals surface area contributed by atoms with E-state index in [1.807, 2.05) is 23.7 Å². The van der Waals surface area contributed by atoms with Gasteiger partial charge in [0.15, 0.2) is 4.80 Å². The van der Waals surface area contributed by atoms with Crippen LogP contribution < -0.4 is 4.80 Å². The number of carbonyl (C=O) groups excluding carboxylic acids is 1. The van der Waals surface area contributed by atoms with Crippen LogP contribution in [0.4, 0.5) is 0 Å². The van der Waals surface area contributed by atoms with Crippen molar-refractivity contribution in [2.24, 2.45) is 18.0 Å². The topological polar surface area (TPSA) is 71.7 Å². The van der Waals surface area contributed by atoms with E-state index in [1.54, 1.807) is 6.07 Å². The Morgan fingerprint density at radius 2 is 1.93 bits per heavy atom. The number of amides is 1. The molecule has 4 rings (SSSR count). The highest BCUT2D eigenvalue weighted by atomic mass is 35.5. The van der Waals surface area contributed by atoms with Crippen molar-refractivity contribution in [2.45, 2.75) is 24.7 Å². The lowest BCUT2D eigenvalue weighted by Crippen LogP contribution is -2.39. The first-order valence-corrected chi connectivity index (χ1v) is 12.3. The van der Waals surface area contributed by atoms with Gasteiger partial charge in [-0.3, -0.25) is 4.79 Å². The molecule has 9 heteroatoms. The number of piperidine rings is 1. The number of aryl methyl sites for hydroxylation is 1. The fraction of sp³-hybridized carbons (Fsp3) is 0.333. The van der Waals surface area contributed by atoms with Gasteiger partial charge in [-0.15, -0.1) is 0 Å². The number of thiazole rings is 1. The number of halogens is 1. The number of nitrogens with zero attached hydrogens (tertiary/aromatic N) is 3. The summed E-state index contributed by atoms with van der Waals surface area (Å²) < 4.78 is 30.1. The van der Waals surface area contributed by atoms with Gasteiger partial charge < -0.3 is 4.57 Å². The van der Waals surface area contributed by atoms with E-state index in [9.17, 15) is 13.2 Å². The highest BCUT2D eigenvalue weighted by molar-refractivity contribution is 7.89. The third kappa shape index (κ3) is 4.09. The third-order valence-electron chi connectivity index (χ3n) is 5.33. The number of carbonyl (C=O) groups is 1. The predicted octanol–water partition coefficient (Wildman–Crippen LogP) is 4.05. The van der Waals surface area contributed by atoms with Crippen LogP contribution in [-0.2, 0) is 17.1 Å². The normalized spacial score (nSPS) is 18.8. The molecule has 3 aromatic rings. The maximum Gasteiger partial charge on any atom is 0.279 e. The molecule has 0 unspecified atom stereocenters. The maximum absolute atomic E-state index is 12.9. The molecule has 0 saturated carbocycles. The van der Waals surface area contributed by atoms with Gasteiger partial charge in [-0.1, -0.05) is 29.9 Å². The molecular formula is C21H22ClN3O3S2. The van der Waals surface area contributed by atoms with E-state index in [0.29, 0.717) is 34.4 Å². The molecule has 30 heavy (non-hydrogen) atoms. The van der Waals surface area contributed by atoms with Gasteiger partial charge in [-0.05, 0) is 61.2 Å². The van der Waals surface area contributed by atoms with Crippen LogP contribution >= 0.6 is 22.9 Å². The summed E-state index contributed by atoms with van der Waals surface area (Å²) in [4.78, 5) is 17.6. The zero-order chi connectivity index (χ0) is 21.5. The highest BCUT2D eigenvalue weighted by Crippen LogP contribution is 2.24. The molecule has 1 aliphatic rings. The molecule has 0 spiro atoms. The summed E-state index contributed by atoms with van der Waals surface area (Å²) in [6, 6.07) is 11.5. The second kappa shape index (κ2) is 8.26. The monoisotopic (exact) mass is 463 g/mol. The molecule has 1 atom stereocenters. The second-order valence-corrected chi connectivity index (χ2v) is 11.0. The minimum absolute atomic E-state index is 0.204. The Kier molecular flexibility index (Phi) is 5.85. The van der Waals surface area contributed by atoms with Crippen LogP contribution in [-0.4, -0.2) is 36.3 Å². The van der Waals surface area contributed by atoms with E-state index in [0.717, 1.165) is 23.1 Å². The highest BCUT2D eigenvalue weighted by Gasteiger charge is 2.28. The molecule has 0 radical (unpaired) electrons. The maximum atomic E-state index is 12.9. The van der Waals surface area contributed by atoms with E-state index in [-0.39, 0.29) is 4.90 Å². The fourth-order valence-electron chi connectivity index (χ4n) is 3.65. The summed E-state index contributed by atoms with van der Waals surface area (Å²) in [7, 11) is -1.71. The molecule has 0 N–H and O–H groups in total. The molecule has 2 aromatic carbocycles. The van der Waals surface area contributed by atoms with Crippen molar-refractivity contribution in [2.75, 3.05) is 13.1 Å². The Morgan fingerprint density at radius 1 is 1.20 bits per heavy atom. The van der Waals surface area contributed by atoms with Crippen LogP contribution in [0.25, 0.3) is 10.2 Å². The minimum Gasteiger partial charge on any atom is -0.319 e.